The van der Waals surface area contributed by atoms with Gasteiger partial charge >= 0.3 is 0 Å². The molecule has 5 rings (SSSR count). The van der Waals surface area contributed by atoms with Gasteiger partial charge in [0.05, 0.1) is 12.8 Å². The van der Waals surface area contributed by atoms with Crippen LogP contribution in [0.3, 0.4) is 0 Å². The smallest absolute Gasteiger partial charge is 0.250 e. The number of hydrogen-bond donors (Lipinski definition) is 1. The Morgan fingerprint density at radius 3 is 2.58 bits per heavy atom. The van der Waals surface area contributed by atoms with Gasteiger partial charge in [-0.25, -0.2) is 14.5 Å². The fraction of sp³-hybridized carbons (Fsp3) is 0.348. The van der Waals surface area contributed by atoms with Gasteiger partial charge in [-0.1, -0.05) is 12.1 Å². The van der Waals surface area contributed by atoms with Crippen LogP contribution in [0.2, 0.25) is 0 Å². The third-order valence-corrected chi connectivity index (χ3v) is 6.63. The van der Waals surface area contributed by atoms with Crippen LogP contribution in [0.25, 0.3) is 16.2 Å². The minimum absolute atomic E-state index is 0.0481. The number of para-hydroxylation sites is 1. The number of carbonyl (C=O) groups excluding carboxylic acids is 1. The number of methoxy groups -OCH3 is 1. The number of rotatable bonds is 5. The van der Waals surface area contributed by atoms with Crippen LogP contribution >= 0.6 is 11.3 Å². The molecule has 1 aromatic carbocycles. The number of aryl methyl sites for hydroxylation is 2. The molecular weight excluding hydrogens is 438 g/mol. The predicted molar refractivity (Wildman–Crippen MR) is 128 cm³/mol. The molecule has 0 spiro atoms. The summed E-state index contributed by atoms with van der Waals surface area (Å²) in [5, 5.41) is 9.44. The number of piperidine rings is 1. The minimum Gasteiger partial charge on any atom is -0.496 e. The molecule has 0 unspecified atom stereocenters. The van der Waals surface area contributed by atoms with Gasteiger partial charge in [-0.05, 0) is 44.9 Å². The van der Waals surface area contributed by atoms with E-state index < -0.39 is 0 Å². The zero-order valence-electron chi connectivity index (χ0n) is 18.8. The largest absolute Gasteiger partial charge is 0.496 e. The summed E-state index contributed by atoms with van der Waals surface area (Å²) in [6.45, 7) is 5.43. The van der Waals surface area contributed by atoms with Crippen LogP contribution in [-0.4, -0.2) is 50.7 Å². The normalized spacial score (nSPS) is 14.6. The van der Waals surface area contributed by atoms with E-state index in [4.69, 9.17) is 4.74 Å². The van der Waals surface area contributed by atoms with Crippen LogP contribution in [0.4, 0.5) is 11.9 Å². The molecule has 0 radical (unpaired) electrons. The van der Waals surface area contributed by atoms with Crippen molar-refractivity contribution in [1.29, 1.82) is 0 Å². The summed E-state index contributed by atoms with van der Waals surface area (Å²) in [5.74, 6) is 1.68. The molecule has 10 heteroatoms. The van der Waals surface area contributed by atoms with E-state index in [-0.39, 0.29) is 11.8 Å². The number of fused-ring (bicyclic) bond motifs is 1. The molecule has 33 heavy (non-hydrogen) atoms. The summed E-state index contributed by atoms with van der Waals surface area (Å²) in [6.07, 6.45) is 1.47. The summed E-state index contributed by atoms with van der Waals surface area (Å²) in [4.78, 5) is 29.4. The van der Waals surface area contributed by atoms with Crippen molar-refractivity contribution in [2.24, 2.45) is 5.92 Å². The molecule has 0 atom stereocenters. The lowest BCUT2D eigenvalue weighted by molar-refractivity contribution is -0.120. The van der Waals surface area contributed by atoms with Crippen molar-refractivity contribution < 1.29 is 9.53 Å². The average Bonchev–Trinajstić information content (AvgIpc) is 3.38. The van der Waals surface area contributed by atoms with E-state index in [1.807, 2.05) is 49.6 Å². The van der Waals surface area contributed by atoms with Gasteiger partial charge in [0.1, 0.15) is 5.75 Å². The highest BCUT2D eigenvalue weighted by atomic mass is 32.1. The van der Waals surface area contributed by atoms with E-state index in [9.17, 15) is 4.79 Å². The summed E-state index contributed by atoms with van der Waals surface area (Å²) >= 11 is 1.47. The Kier molecular flexibility index (Phi) is 5.67. The quantitative estimate of drug-likeness (QED) is 0.482. The molecule has 3 aromatic heterocycles. The van der Waals surface area contributed by atoms with Gasteiger partial charge in [0.2, 0.25) is 22.8 Å². The van der Waals surface area contributed by atoms with Crippen LogP contribution in [0.1, 0.15) is 24.2 Å². The maximum absolute atomic E-state index is 12.9. The molecule has 1 N–H and O–H groups in total. The van der Waals surface area contributed by atoms with Gasteiger partial charge in [-0.15, -0.1) is 16.4 Å². The Balaban J connectivity index is 1.27. The van der Waals surface area contributed by atoms with Crippen molar-refractivity contribution in [3.05, 3.63) is 47.1 Å². The first-order valence-electron chi connectivity index (χ1n) is 10.9. The van der Waals surface area contributed by atoms with E-state index in [1.54, 1.807) is 11.6 Å². The first-order valence-corrected chi connectivity index (χ1v) is 11.8. The van der Waals surface area contributed by atoms with E-state index in [1.165, 1.54) is 11.3 Å². The highest BCUT2D eigenvalue weighted by molar-refractivity contribution is 7.15. The summed E-state index contributed by atoms with van der Waals surface area (Å²) in [6, 6.07) is 9.74. The van der Waals surface area contributed by atoms with Gasteiger partial charge in [0.15, 0.2) is 0 Å². The Bertz CT molecular complexity index is 1290. The van der Waals surface area contributed by atoms with Crippen LogP contribution in [0.15, 0.2) is 35.7 Å². The Hall–Kier alpha value is -3.53. The second kappa shape index (κ2) is 8.78. The topological polar surface area (TPSA) is 97.5 Å². The molecular formula is C23H25N7O2S. The van der Waals surface area contributed by atoms with Crippen LogP contribution in [0, 0.1) is 19.8 Å². The molecule has 1 aliphatic heterocycles. The number of hydrogen-bond acceptors (Lipinski definition) is 8. The van der Waals surface area contributed by atoms with Crippen LogP contribution in [0.5, 0.6) is 5.75 Å². The van der Waals surface area contributed by atoms with Crippen molar-refractivity contribution >= 4 is 34.1 Å². The highest BCUT2D eigenvalue weighted by Crippen LogP contribution is 2.32. The van der Waals surface area contributed by atoms with Gasteiger partial charge in [0, 0.05) is 41.3 Å². The zero-order chi connectivity index (χ0) is 22.9. The predicted octanol–water partition coefficient (Wildman–Crippen LogP) is 3.73. The molecule has 1 saturated heterocycles. The molecule has 0 saturated carbocycles. The number of nitrogens with zero attached hydrogens (tertiary/aromatic N) is 6. The van der Waals surface area contributed by atoms with Gasteiger partial charge < -0.3 is 9.64 Å². The van der Waals surface area contributed by atoms with Crippen LogP contribution in [-0.2, 0) is 4.79 Å². The van der Waals surface area contributed by atoms with E-state index in [0.29, 0.717) is 10.9 Å². The average molecular weight is 464 g/mol. The lowest BCUT2D eigenvalue weighted by Gasteiger charge is -2.31. The van der Waals surface area contributed by atoms with Crippen molar-refractivity contribution in [1.82, 2.24) is 24.6 Å². The molecule has 4 heterocycles. The first kappa shape index (κ1) is 21.3. The van der Waals surface area contributed by atoms with Crippen LogP contribution < -0.4 is 15.0 Å². The molecule has 1 amide bonds. The van der Waals surface area contributed by atoms with E-state index in [2.05, 4.69) is 30.3 Å². The van der Waals surface area contributed by atoms with Crippen molar-refractivity contribution in [2.45, 2.75) is 26.7 Å². The number of amides is 1. The summed E-state index contributed by atoms with van der Waals surface area (Å²) in [5.41, 5.74) is 3.71. The Labute approximate surface area is 195 Å². The van der Waals surface area contributed by atoms with E-state index in [0.717, 1.165) is 60.3 Å². The number of aromatic nitrogens is 5. The third-order valence-electron chi connectivity index (χ3n) is 5.82. The maximum atomic E-state index is 12.9. The monoisotopic (exact) mass is 463 g/mol. The Morgan fingerprint density at radius 1 is 1.12 bits per heavy atom. The molecule has 1 aliphatic rings. The summed E-state index contributed by atoms with van der Waals surface area (Å²) < 4.78 is 7.23. The fourth-order valence-corrected chi connectivity index (χ4v) is 5.00. The van der Waals surface area contributed by atoms with Crippen molar-refractivity contribution in [3.63, 3.8) is 0 Å². The van der Waals surface area contributed by atoms with Gasteiger partial charge in [-0.3, -0.25) is 10.1 Å². The second-order valence-electron chi connectivity index (χ2n) is 8.15. The third kappa shape index (κ3) is 4.25. The van der Waals surface area contributed by atoms with Crippen molar-refractivity contribution in [3.8, 4) is 17.0 Å². The minimum atomic E-state index is -0.0950. The highest BCUT2D eigenvalue weighted by Gasteiger charge is 2.27. The second-order valence-corrected chi connectivity index (χ2v) is 8.99. The number of benzene rings is 1. The number of nitrogens with one attached hydrogen (secondary N) is 1. The number of ether oxygens (including phenoxy) is 1. The molecule has 0 bridgehead atoms. The maximum Gasteiger partial charge on any atom is 0.250 e. The number of carbonyl (C=O) groups is 1. The Morgan fingerprint density at radius 2 is 1.85 bits per heavy atom. The molecule has 9 nitrogen and oxygen atoms in total. The number of thiazole rings is 1. The summed E-state index contributed by atoms with van der Waals surface area (Å²) in [7, 11) is 1.65. The standard InChI is InChI=1S/C23H25N7O2S/c1-14-12-15(2)25-22(24-14)29-10-8-16(9-11-29)20(31)26-21-27-23-30(28-21)18(13-33-23)17-6-4-5-7-19(17)32-3/h4-7,12-13,16H,8-11H2,1-3H3,(H,26,28,31). The zero-order valence-corrected chi connectivity index (χ0v) is 19.6. The first-order chi connectivity index (χ1) is 16.0. The van der Waals surface area contributed by atoms with E-state index >= 15 is 0 Å². The molecule has 170 valence electrons. The molecule has 0 aliphatic carbocycles. The molecule has 1 fully saturated rings. The fourth-order valence-electron chi connectivity index (χ4n) is 4.18. The van der Waals surface area contributed by atoms with Gasteiger partial charge in [-0.2, -0.15) is 4.98 Å². The van der Waals surface area contributed by atoms with Crippen molar-refractivity contribution in [2.75, 3.05) is 30.4 Å². The molecule has 4 aromatic rings. The SMILES string of the molecule is COc1ccccc1-c1csc2nc(NC(=O)C3CCN(c4nc(C)cc(C)n4)CC3)nn12. The lowest BCUT2D eigenvalue weighted by atomic mass is 9.96. The lowest BCUT2D eigenvalue weighted by Crippen LogP contribution is -2.39. The van der Waals surface area contributed by atoms with Gasteiger partial charge in [0.25, 0.3) is 0 Å². The number of anilines is 2.